The van der Waals surface area contributed by atoms with E-state index in [2.05, 4.69) is 23.7 Å². The zero-order valence-corrected chi connectivity index (χ0v) is 16.5. The fraction of sp³-hybridized carbons (Fsp3) is 0.316. The minimum atomic E-state index is -0.444. The second-order valence-electron chi connectivity index (χ2n) is 5.76. The lowest BCUT2D eigenvalue weighted by Gasteiger charge is -2.16. The van der Waals surface area contributed by atoms with Gasteiger partial charge in [0, 0.05) is 30.2 Å². The fourth-order valence-corrected chi connectivity index (χ4v) is 4.29. The summed E-state index contributed by atoms with van der Waals surface area (Å²) >= 11 is 7.96. The first-order chi connectivity index (χ1) is 12.5. The molecule has 0 aliphatic heterocycles. The molecular formula is C19H20ClN3O2S. The van der Waals surface area contributed by atoms with Crippen molar-refractivity contribution in [2.45, 2.75) is 20.3 Å². The minimum Gasteiger partial charge on any atom is -0.464 e. The van der Waals surface area contributed by atoms with E-state index < -0.39 is 5.97 Å². The highest BCUT2D eigenvalue weighted by Gasteiger charge is 2.15. The zero-order valence-electron chi connectivity index (χ0n) is 15.0. The van der Waals surface area contributed by atoms with Crippen LogP contribution >= 0.6 is 22.9 Å². The molecule has 0 bridgehead atoms. The number of carbonyl (C=O) groups is 1. The first kappa shape index (κ1) is 18.6. The summed E-state index contributed by atoms with van der Waals surface area (Å²) in [6.07, 6.45) is 0.545. The summed E-state index contributed by atoms with van der Waals surface area (Å²) in [5.74, 6) is -0.444. The number of esters is 1. The van der Waals surface area contributed by atoms with E-state index >= 15 is 0 Å². The van der Waals surface area contributed by atoms with Crippen molar-refractivity contribution in [3.63, 3.8) is 0 Å². The summed E-state index contributed by atoms with van der Waals surface area (Å²) in [5, 5.41) is 1.66. The Balaban J connectivity index is 2.01. The van der Waals surface area contributed by atoms with Crippen molar-refractivity contribution < 1.29 is 9.53 Å². The Bertz CT molecular complexity index is 938. The standard InChI is InChI=1S/C19H20ClN3O2S/c1-4-23(5-2)19-22-17-12(9-13(20)11-16(17)26-19)10-14-7-6-8-15(21-14)18(24)25-3/h6-9,11H,4-5,10H2,1-3H3. The molecule has 0 fully saturated rings. The normalized spacial score (nSPS) is 10.9. The molecule has 26 heavy (non-hydrogen) atoms. The third-order valence-corrected chi connectivity index (χ3v) is 5.42. The number of benzene rings is 1. The average molecular weight is 390 g/mol. The van der Waals surface area contributed by atoms with Crippen molar-refractivity contribution >= 4 is 44.3 Å². The number of fused-ring (bicyclic) bond motifs is 1. The molecule has 0 saturated carbocycles. The van der Waals surface area contributed by atoms with Gasteiger partial charge in [-0.05, 0) is 43.7 Å². The van der Waals surface area contributed by atoms with Gasteiger partial charge in [0.1, 0.15) is 5.69 Å². The molecule has 0 aliphatic rings. The molecule has 0 unspecified atom stereocenters. The van der Waals surface area contributed by atoms with Gasteiger partial charge in [0.25, 0.3) is 0 Å². The molecule has 7 heteroatoms. The van der Waals surface area contributed by atoms with Crippen LogP contribution in [0.1, 0.15) is 35.6 Å². The molecule has 0 spiro atoms. The van der Waals surface area contributed by atoms with E-state index in [0.29, 0.717) is 17.1 Å². The van der Waals surface area contributed by atoms with Gasteiger partial charge in [0.2, 0.25) is 0 Å². The molecule has 0 N–H and O–H groups in total. The van der Waals surface area contributed by atoms with Crippen LogP contribution in [0.15, 0.2) is 30.3 Å². The lowest BCUT2D eigenvalue weighted by molar-refractivity contribution is 0.0593. The third-order valence-electron chi connectivity index (χ3n) is 4.13. The van der Waals surface area contributed by atoms with Crippen molar-refractivity contribution in [2.75, 3.05) is 25.1 Å². The Morgan fingerprint density at radius 2 is 2.00 bits per heavy atom. The van der Waals surface area contributed by atoms with Gasteiger partial charge in [0.05, 0.1) is 17.3 Å². The SMILES string of the molecule is CCN(CC)c1nc2c(Cc3cccc(C(=O)OC)n3)cc(Cl)cc2s1. The Morgan fingerprint density at radius 3 is 2.69 bits per heavy atom. The molecule has 0 radical (unpaired) electrons. The summed E-state index contributed by atoms with van der Waals surface area (Å²) in [5.41, 5.74) is 3.00. The van der Waals surface area contributed by atoms with E-state index in [4.69, 9.17) is 21.3 Å². The highest BCUT2D eigenvalue weighted by atomic mass is 35.5. The van der Waals surface area contributed by atoms with Gasteiger partial charge in [-0.15, -0.1) is 0 Å². The number of aromatic nitrogens is 2. The summed E-state index contributed by atoms with van der Waals surface area (Å²) in [7, 11) is 1.35. The van der Waals surface area contributed by atoms with Gasteiger partial charge in [-0.25, -0.2) is 14.8 Å². The van der Waals surface area contributed by atoms with E-state index in [0.717, 1.165) is 39.7 Å². The van der Waals surface area contributed by atoms with Gasteiger partial charge in [-0.1, -0.05) is 29.0 Å². The number of ether oxygens (including phenoxy) is 1. The third kappa shape index (κ3) is 3.81. The van der Waals surface area contributed by atoms with E-state index in [1.54, 1.807) is 23.5 Å². The first-order valence-corrected chi connectivity index (χ1v) is 9.63. The smallest absolute Gasteiger partial charge is 0.356 e. The molecule has 0 amide bonds. The van der Waals surface area contributed by atoms with E-state index in [1.165, 1.54) is 7.11 Å². The summed E-state index contributed by atoms with van der Waals surface area (Å²) in [6.45, 7) is 6.04. The van der Waals surface area contributed by atoms with Crippen LogP contribution in [-0.2, 0) is 11.2 Å². The predicted octanol–water partition coefficient (Wildman–Crippen LogP) is 4.57. The molecule has 2 heterocycles. The lowest BCUT2D eigenvalue weighted by Crippen LogP contribution is -2.21. The van der Waals surface area contributed by atoms with Crippen LogP contribution in [0.5, 0.6) is 0 Å². The van der Waals surface area contributed by atoms with Gasteiger partial charge in [0.15, 0.2) is 5.13 Å². The van der Waals surface area contributed by atoms with Gasteiger partial charge >= 0.3 is 5.97 Å². The van der Waals surface area contributed by atoms with Crippen LogP contribution in [0.4, 0.5) is 5.13 Å². The molecule has 0 saturated heterocycles. The maximum absolute atomic E-state index is 11.7. The van der Waals surface area contributed by atoms with Gasteiger partial charge in [-0.3, -0.25) is 0 Å². The van der Waals surface area contributed by atoms with Crippen molar-refractivity contribution in [3.8, 4) is 0 Å². The number of halogens is 1. The minimum absolute atomic E-state index is 0.297. The topological polar surface area (TPSA) is 55.3 Å². The average Bonchev–Trinajstić information content (AvgIpc) is 3.06. The summed E-state index contributed by atoms with van der Waals surface area (Å²) < 4.78 is 5.80. The van der Waals surface area contributed by atoms with Gasteiger partial charge < -0.3 is 9.64 Å². The molecule has 0 atom stereocenters. The van der Waals surface area contributed by atoms with E-state index in [1.807, 2.05) is 18.2 Å². The largest absolute Gasteiger partial charge is 0.464 e. The number of carbonyl (C=O) groups excluding carboxylic acids is 1. The number of rotatable bonds is 6. The Labute approximate surface area is 161 Å². The zero-order chi connectivity index (χ0) is 18.7. The molecular weight excluding hydrogens is 370 g/mol. The maximum Gasteiger partial charge on any atom is 0.356 e. The number of pyridine rings is 1. The first-order valence-electron chi connectivity index (χ1n) is 8.43. The Kier molecular flexibility index (Phi) is 5.74. The van der Waals surface area contributed by atoms with Crippen molar-refractivity contribution in [2.24, 2.45) is 0 Å². The highest BCUT2D eigenvalue weighted by Crippen LogP contribution is 2.34. The fourth-order valence-electron chi connectivity index (χ4n) is 2.81. The second-order valence-corrected chi connectivity index (χ2v) is 7.21. The Morgan fingerprint density at radius 1 is 1.23 bits per heavy atom. The predicted molar refractivity (Wildman–Crippen MR) is 107 cm³/mol. The summed E-state index contributed by atoms with van der Waals surface area (Å²) in [4.78, 5) is 23.2. The second kappa shape index (κ2) is 8.01. The van der Waals surface area contributed by atoms with Crippen LogP contribution in [0, 0.1) is 0 Å². The quantitative estimate of drug-likeness (QED) is 0.578. The van der Waals surface area contributed by atoms with Crippen LogP contribution in [0.2, 0.25) is 5.02 Å². The van der Waals surface area contributed by atoms with Gasteiger partial charge in [-0.2, -0.15) is 0 Å². The van der Waals surface area contributed by atoms with Crippen molar-refractivity contribution in [1.82, 2.24) is 9.97 Å². The monoisotopic (exact) mass is 389 g/mol. The Hall–Kier alpha value is -2.18. The van der Waals surface area contributed by atoms with Crippen LogP contribution < -0.4 is 4.90 Å². The highest BCUT2D eigenvalue weighted by molar-refractivity contribution is 7.22. The van der Waals surface area contributed by atoms with E-state index in [9.17, 15) is 4.79 Å². The number of nitrogens with zero attached hydrogens (tertiary/aromatic N) is 3. The molecule has 2 aromatic heterocycles. The van der Waals surface area contributed by atoms with Crippen molar-refractivity contribution in [3.05, 3.63) is 52.3 Å². The lowest BCUT2D eigenvalue weighted by atomic mass is 10.1. The van der Waals surface area contributed by atoms with Crippen LogP contribution in [0.25, 0.3) is 10.2 Å². The maximum atomic E-state index is 11.7. The number of thiazole rings is 1. The number of hydrogen-bond donors (Lipinski definition) is 0. The molecule has 3 aromatic rings. The molecule has 1 aromatic carbocycles. The van der Waals surface area contributed by atoms with Crippen molar-refractivity contribution in [1.29, 1.82) is 0 Å². The molecule has 3 rings (SSSR count). The van der Waals surface area contributed by atoms with E-state index in [-0.39, 0.29) is 0 Å². The molecule has 5 nitrogen and oxygen atoms in total. The number of methoxy groups -OCH3 is 1. The molecule has 136 valence electrons. The number of hydrogen-bond acceptors (Lipinski definition) is 6. The number of anilines is 1. The van der Waals surface area contributed by atoms with Crippen LogP contribution in [0.3, 0.4) is 0 Å². The van der Waals surface area contributed by atoms with Crippen LogP contribution in [-0.4, -0.2) is 36.1 Å². The molecule has 0 aliphatic carbocycles. The summed E-state index contributed by atoms with van der Waals surface area (Å²) in [6, 6.07) is 9.20.